The second-order valence-corrected chi connectivity index (χ2v) is 6.93. The molecule has 0 aromatic rings. The number of rotatable bonds is 7. The van der Waals surface area contributed by atoms with Crippen LogP contribution in [0, 0.1) is 11.3 Å². The van der Waals surface area contributed by atoms with Crippen molar-refractivity contribution in [3.05, 3.63) is 0 Å². The largest absolute Gasteiger partial charge is 0.316 e. The molecule has 1 aliphatic rings. The first-order chi connectivity index (χ1) is 8.43. The summed E-state index contributed by atoms with van der Waals surface area (Å²) in [5, 5.41) is 3.48. The Balaban J connectivity index is 2.26. The Morgan fingerprint density at radius 3 is 2.33 bits per heavy atom. The Morgan fingerprint density at radius 1 is 1.22 bits per heavy atom. The smallest absolute Gasteiger partial charge is 0.00448 e. The lowest BCUT2D eigenvalue weighted by Crippen LogP contribution is -2.44. The highest BCUT2D eigenvalue weighted by atomic mass is 15.1. The van der Waals surface area contributed by atoms with Gasteiger partial charge in [-0.1, -0.05) is 20.8 Å². The molecule has 1 N–H and O–H groups in total. The Labute approximate surface area is 114 Å². The normalized spacial score (nSPS) is 19.7. The Morgan fingerprint density at radius 2 is 1.83 bits per heavy atom. The molecule has 0 atom stereocenters. The lowest BCUT2D eigenvalue weighted by molar-refractivity contribution is 0.117. The molecule has 1 aliphatic heterocycles. The Bertz CT molecular complexity index is 218. The van der Waals surface area contributed by atoms with Gasteiger partial charge in [-0.3, -0.25) is 0 Å². The van der Waals surface area contributed by atoms with Crippen LogP contribution in [-0.4, -0.2) is 63.2 Å². The average molecular weight is 255 g/mol. The molecular formula is C15H33N3. The van der Waals surface area contributed by atoms with E-state index in [1.807, 2.05) is 0 Å². The van der Waals surface area contributed by atoms with Crippen molar-refractivity contribution in [2.75, 3.05) is 53.4 Å². The fraction of sp³-hybridized carbons (Fsp3) is 1.00. The topological polar surface area (TPSA) is 18.5 Å². The Hall–Kier alpha value is -0.120. The van der Waals surface area contributed by atoms with Crippen LogP contribution in [-0.2, 0) is 0 Å². The summed E-state index contributed by atoms with van der Waals surface area (Å²) in [6.45, 7) is 14.2. The Kier molecular flexibility index (Phi) is 6.61. The van der Waals surface area contributed by atoms with Crippen LogP contribution in [0.3, 0.4) is 0 Å². The van der Waals surface area contributed by atoms with Crippen molar-refractivity contribution in [3.63, 3.8) is 0 Å². The monoisotopic (exact) mass is 255 g/mol. The van der Waals surface area contributed by atoms with Gasteiger partial charge in [-0.25, -0.2) is 0 Å². The van der Waals surface area contributed by atoms with Crippen molar-refractivity contribution in [3.8, 4) is 0 Å². The SMILES string of the molecule is CCNCC(C)(C)CN1CCC(CN(C)C)CC1. The predicted octanol–water partition coefficient (Wildman–Crippen LogP) is 1.90. The minimum atomic E-state index is 0.393. The second kappa shape index (κ2) is 7.46. The first-order valence-corrected chi connectivity index (χ1v) is 7.51. The van der Waals surface area contributed by atoms with Crippen molar-refractivity contribution in [2.45, 2.75) is 33.6 Å². The van der Waals surface area contributed by atoms with Gasteiger partial charge in [0.05, 0.1) is 0 Å². The number of hydrogen-bond acceptors (Lipinski definition) is 3. The average Bonchev–Trinajstić information content (AvgIpc) is 2.28. The second-order valence-electron chi connectivity index (χ2n) is 6.93. The van der Waals surface area contributed by atoms with E-state index in [1.165, 1.54) is 39.0 Å². The van der Waals surface area contributed by atoms with Crippen molar-refractivity contribution in [1.82, 2.24) is 15.1 Å². The fourth-order valence-corrected chi connectivity index (χ4v) is 2.97. The molecule has 0 amide bonds. The standard InChI is InChI=1S/C15H33N3/c1-6-16-12-15(2,3)13-18-9-7-14(8-10-18)11-17(4)5/h14,16H,6-13H2,1-5H3. The summed E-state index contributed by atoms with van der Waals surface area (Å²) in [6.07, 6.45) is 2.74. The minimum absolute atomic E-state index is 0.393. The van der Waals surface area contributed by atoms with Crippen LogP contribution in [0.4, 0.5) is 0 Å². The maximum atomic E-state index is 3.48. The van der Waals surface area contributed by atoms with Gasteiger partial charge in [0.15, 0.2) is 0 Å². The first-order valence-electron chi connectivity index (χ1n) is 7.51. The van der Waals surface area contributed by atoms with Crippen molar-refractivity contribution in [1.29, 1.82) is 0 Å². The molecular weight excluding hydrogens is 222 g/mol. The molecule has 0 saturated carbocycles. The highest BCUT2D eigenvalue weighted by molar-refractivity contribution is 4.80. The molecule has 0 aliphatic carbocycles. The van der Waals surface area contributed by atoms with Crippen LogP contribution in [0.1, 0.15) is 33.6 Å². The van der Waals surface area contributed by atoms with E-state index in [4.69, 9.17) is 0 Å². The molecule has 18 heavy (non-hydrogen) atoms. The van der Waals surface area contributed by atoms with E-state index < -0.39 is 0 Å². The molecule has 0 spiro atoms. The van der Waals surface area contributed by atoms with Crippen LogP contribution in [0.2, 0.25) is 0 Å². The van der Waals surface area contributed by atoms with Gasteiger partial charge in [-0.2, -0.15) is 0 Å². The van der Waals surface area contributed by atoms with E-state index in [2.05, 4.69) is 50.0 Å². The summed E-state index contributed by atoms with van der Waals surface area (Å²) in [5.74, 6) is 0.910. The number of piperidine rings is 1. The first kappa shape index (κ1) is 15.9. The van der Waals surface area contributed by atoms with E-state index in [0.29, 0.717) is 5.41 Å². The van der Waals surface area contributed by atoms with Crippen LogP contribution in [0.5, 0.6) is 0 Å². The summed E-state index contributed by atoms with van der Waals surface area (Å²) in [4.78, 5) is 4.99. The number of hydrogen-bond donors (Lipinski definition) is 1. The molecule has 3 nitrogen and oxygen atoms in total. The van der Waals surface area contributed by atoms with E-state index >= 15 is 0 Å². The number of nitrogens with zero attached hydrogens (tertiary/aromatic N) is 2. The van der Waals surface area contributed by atoms with E-state index in [9.17, 15) is 0 Å². The third-order valence-corrected chi connectivity index (χ3v) is 3.84. The molecule has 1 saturated heterocycles. The van der Waals surface area contributed by atoms with Gasteiger partial charge in [0.1, 0.15) is 0 Å². The molecule has 1 fully saturated rings. The molecule has 1 rings (SSSR count). The highest BCUT2D eigenvalue weighted by Crippen LogP contribution is 2.22. The highest BCUT2D eigenvalue weighted by Gasteiger charge is 2.25. The maximum absolute atomic E-state index is 3.48. The van der Waals surface area contributed by atoms with Crippen molar-refractivity contribution >= 4 is 0 Å². The van der Waals surface area contributed by atoms with E-state index in [0.717, 1.165) is 19.0 Å². The number of nitrogens with one attached hydrogen (secondary N) is 1. The van der Waals surface area contributed by atoms with E-state index in [-0.39, 0.29) is 0 Å². The molecule has 108 valence electrons. The van der Waals surface area contributed by atoms with Gasteiger partial charge in [-0.05, 0) is 57.9 Å². The van der Waals surface area contributed by atoms with Crippen LogP contribution in [0.15, 0.2) is 0 Å². The lowest BCUT2D eigenvalue weighted by Gasteiger charge is -2.38. The summed E-state index contributed by atoms with van der Waals surface area (Å²) >= 11 is 0. The zero-order valence-electron chi connectivity index (χ0n) is 13.1. The van der Waals surface area contributed by atoms with Crippen molar-refractivity contribution in [2.24, 2.45) is 11.3 Å². The summed E-state index contributed by atoms with van der Waals surface area (Å²) in [6, 6.07) is 0. The summed E-state index contributed by atoms with van der Waals surface area (Å²) < 4.78 is 0. The molecule has 0 aromatic heterocycles. The third kappa shape index (κ3) is 6.17. The van der Waals surface area contributed by atoms with Crippen LogP contribution in [0.25, 0.3) is 0 Å². The quantitative estimate of drug-likeness (QED) is 0.749. The van der Waals surface area contributed by atoms with Crippen LogP contribution < -0.4 is 5.32 Å². The number of likely N-dealkylation sites (tertiary alicyclic amines) is 1. The van der Waals surface area contributed by atoms with Gasteiger partial charge in [-0.15, -0.1) is 0 Å². The van der Waals surface area contributed by atoms with Crippen molar-refractivity contribution < 1.29 is 0 Å². The summed E-state index contributed by atoms with van der Waals surface area (Å²) in [5.41, 5.74) is 0.393. The predicted molar refractivity (Wildman–Crippen MR) is 80.0 cm³/mol. The van der Waals surface area contributed by atoms with Gasteiger partial charge in [0, 0.05) is 19.6 Å². The molecule has 0 radical (unpaired) electrons. The van der Waals surface area contributed by atoms with Gasteiger partial charge < -0.3 is 15.1 Å². The molecule has 0 bridgehead atoms. The van der Waals surface area contributed by atoms with Gasteiger partial charge in [0.25, 0.3) is 0 Å². The molecule has 1 heterocycles. The van der Waals surface area contributed by atoms with Gasteiger partial charge >= 0.3 is 0 Å². The third-order valence-electron chi connectivity index (χ3n) is 3.84. The zero-order chi connectivity index (χ0) is 13.6. The minimum Gasteiger partial charge on any atom is -0.316 e. The maximum Gasteiger partial charge on any atom is 0.00448 e. The van der Waals surface area contributed by atoms with E-state index in [1.54, 1.807) is 0 Å². The molecule has 3 heteroatoms. The molecule has 0 aromatic carbocycles. The fourth-order valence-electron chi connectivity index (χ4n) is 2.97. The van der Waals surface area contributed by atoms with Gasteiger partial charge in [0.2, 0.25) is 0 Å². The van der Waals surface area contributed by atoms with Crippen LogP contribution >= 0.6 is 0 Å². The molecule has 0 unspecified atom stereocenters. The zero-order valence-corrected chi connectivity index (χ0v) is 13.1. The summed E-state index contributed by atoms with van der Waals surface area (Å²) in [7, 11) is 4.37. The lowest BCUT2D eigenvalue weighted by atomic mass is 9.90.